The summed E-state index contributed by atoms with van der Waals surface area (Å²) in [4.78, 5) is 24.7. The molecule has 556 valence electrons. The quantitative estimate of drug-likeness (QED) is 0.0320. The lowest BCUT2D eigenvalue weighted by atomic mass is 10.0. The summed E-state index contributed by atoms with van der Waals surface area (Å²) in [6.07, 6.45) is 110. The van der Waals surface area contributed by atoms with Crippen molar-refractivity contribution in [3.05, 3.63) is 36.5 Å². The molecule has 0 aromatic heterocycles. The highest BCUT2D eigenvalue weighted by atomic mass is 16.5. The number of carbonyl (C=O) groups is 2. The van der Waals surface area contributed by atoms with Crippen LogP contribution < -0.4 is 5.32 Å². The number of aliphatic hydroxyl groups excluding tert-OH is 2. The van der Waals surface area contributed by atoms with Gasteiger partial charge < -0.3 is 20.3 Å². The number of rotatable bonds is 82. The van der Waals surface area contributed by atoms with Gasteiger partial charge in [0.2, 0.25) is 5.91 Å². The van der Waals surface area contributed by atoms with Gasteiger partial charge >= 0.3 is 5.97 Å². The van der Waals surface area contributed by atoms with E-state index in [9.17, 15) is 19.8 Å². The molecule has 0 saturated carbocycles. The van der Waals surface area contributed by atoms with E-state index in [1.807, 2.05) is 6.08 Å². The lowest BCUT2D eigenvalue weighted by molar-refractivity contribution is -0.143. The number of carbonyl (C=O) groups excluding carboxylic acids is 2. The maximum atomic E-state index is 12.5. The normalized spacial score (nSPS) is 12.6. The topological polar surface area (TPSA) is 95.9 Å². The highest BCUT2D eigenvalue weighted by Crippen LogP contribution is 2.20. The molecule has 2 unspecified atom stereocenters. The van der Waals surface area contributed by atoms with Crippen LogP contribution in [0.3, 0.4) is 0 Å². The van der Waals surface area contributed by atoms with Gasteiger partial charge in [0.25, 0.3) is 0 Å². The first-order valence-corrected chi connectivity index (χ1v) is 43.3. The van der Waals surface area contributed by atoms with Gasteiger partial charge in [0.05, 0.1) is 25.4 Å². The molecule has 0 aliphatic rings. The SMILES string of the molecule is CCCCCCCC/C=C\CCCCCCCCCCCC(=O)OCCCCCCCCCCCCCCCCCCCC/C=C\CCCCCCCCCCCCCCCCCCCC(=O)NC(CO)C(O)/C=C/CCCCCCCCCCCCCCCCCCC. The van der Waals surface area contributed by atoms with Crippen molar-refractivity contribution in [3.8, 4) is 0 Å². The first-order valence-electron chi connectivity index (χ1n) is 43.3. The van der Waals surface area contributed by atoms with Gasteiger partial charge in [0, 0.05) is 12.8 Å². The van der Waals surface area contributed by atoms with Crippen molar-refractivity contribution in [2.75, 3.05) is 13.2 Å². The Hall–Kier alpha value is -1.92. The minimum absolute atomic E-state index is 0.0228. The molecule has 0 radical (unpaired) electrons. The van der Waals surface area contributed by atoms with Crippen molar-refractivity contribution in [3.63, 3.8) is 0 Å². The van der Waals surface area contributed by atoms with Crippen molar-refractivity contribution in [1.82, 2.24) is 5.32 Å². The monoisotopic (exact) mass is 1320 g/mol. The number of unbranched alkanes of at least 4 members (excludes halogenated alkanes) is 67. The Kier molecular flexibility index (Phi) is 81.8. The fourth-order valence-electron chi connectivity index (χ4n) is 13.8. The lowest BCUT2D eigenvalue weighted by Crippen LogP contribution is -2.45. The van der Waals surface area contributed by atoms with E-state index in [1.54, 1.807) is 6.08 Å². The highest BCUT2D eigenvalue weighted by molar-refractivity contribution is 5.76. The van der Waals surface area contributed by atoms with E-state index in [1.165, 1.54) is 424 Å². The van der Waals surface area contributed by atoms with Crippen LogP contribution in [0, 0.1) is 0 Å². The molecule has 0 aliphatic heterocycles. The van der Waals surface area contributed by atoms with E-state index in [4.69, 9.17) is 4.74 Å². The van der Waals surface area contributed by atoms with Crippen LogP contribution in [0.4, 0.5) is 0 Å². The molecule has 0 heterocycles. The van der Waals surface area contributed by atoms with Gasteiger partial charge in [-0.05, 0) is 83.5 Å². The number of amides is 1. The zero-order valence-electron chi connectivity index (χ0n) is 64.0. The summed E-state index contributed by atoms with van der Waals surface area (Å²) in [7, 11) is 0. The van der Waals surface area contributed by atoms with Crippen LogP contribution in [-0.2, 0) is 14.3 Å². The summed E-state index contributed by atoms with van der Waals surface area (Å²) in [6.45, 7) is 4.96. The molecule has 0 bridgehead atoms. The molecule has 2 atom stereocenters. The summed E-state index contributed by atoms with van der Waals surface area (Å²) < 4.78 is 5.52. The Balaban J connectivity index is 3.33. The highest BCUT2D eigenvalue weighted by Gasteiger charge is 2.18. The standard InChI is InChI=1S/C88H169NO5/c1-3-5-7-9-11-13-15-17-19-21-44-48-52-56-60-64-68-72-76-80-86(91)85(84-90)89-87(92)81-77-73-69-65-61-57-53-49-46-42-40-38-36-34-32-30-28-26-24-23-25-27-29-31-33-35-37-39-41-43-47-51-55-59-63-67-71-75-79-83-94-88(93)82-78-74-70-66-62-58-54-50-45-22-20-18-16-14-12-10-8-6-4-2/h18,20,23-24,76,80,85-86,90-91H,3-17,19,21-22,25-75,77-79,81-84H2,1-2H3,(H,89,92)/b20-18-,24-23-,80-76+. The van der Waals surface area contributed by atoms with Crippen LogP contribution in [0.15, 0.2) is 36.5 Å². The number of esters is 1. The Bertz CT molecular complexity index is 1520. The predicted octanol–water partition coefficient (Wildman–Crippen LogP) is 28.9. The Morgan fingerprint density at radius 3 is 0.755 bits per heavy atom. The summed E-state index contributed by atoms with van der Waals surface area (Å²) in [5.74, 6) is -0.0363. The van der Waals surface area contributed by atoms with E-state index in [-0.39, 0.29) is 18.5 Å². The molecule has 0 spiro atoms. The number of hydrogen-bond acceptors (Lipinski definition) is 5. The second-order valence-electron chi connectivity index (χ2n) is 29.9. The van der Waals surface area contributed by atoms with Crippen molar-refractivity contribution >= 4 is 11.9 Å². The number of hydrogen-bond donors (Lipinski definition) is 3. The third kappa shape index (κ3) is 79.1. The zero-order chi connectivity index (χ0) is 67.7. The van der Waals surface area contributed by atoms with Gasteiger partial charge in [-0.2, -0.15) is 0 Å². The summed E-state index contributed by atoms with van der Waals surface area (Å²) in [5.41, 5.74) is 0. The molecule has 6 heteroatoms. The number of nitrogens with one attached hydrogen (secondary N) is 1. The van der Waals surface area contributed by atoms with E-state index in [2.05, 4.69) is 43.5 Å². The van der Waals surface area contributed by atoms with E-state index >= 15 is 0 Å². The average Bonchev–Trinajstić information content (AvgIpc) is 3.79. The second kappa shape index (κ2) is 83.5. The van der Waals surface area contributed by atoms with Crippen molar-refractivity contribution in [1.29, 1.82) is 0 Å². The molecule has 0 saturated heterocycles. The molecule has 94 heavy (non-hydrogen) atoms. The van der Waals surface area contributed by atoms with Gasteiger partial charge in [0.1, 0.15) is 0 Å². The predicted molar refractivity (Wildman–Crippen MR) is 416 cm³/mol. The molecule has 3 N–H and O–H groups in total. The number of aliphatic hydroxyl groups is 2. The molecule has 0 fully saturated rings. The maximum Gasteiger partial charge on any atom is 0.305 e. The van der Waals surface area contributed by atoms with Crippen molar-refractivity contribution in [2.24, 2.45) is 0 Å². The van der Waals surface area contributed by atoms with Crippen molar-refractivity contribution < 1.29 is 24.5 Å². The van der Waals surface area contributed by atoms with Crippen LogP contribution in [-0.4, -0.2) is 47.4 Å². The van der Waals surface area contributed by atoms with Crippen LogP contribution in [0.2, 0.25) is 0 Å². The van der Waals surface area contributed by atoms with Gasteiger partial charge in [-0.3, -0.25) is 9.59 Å². The smallest absolute Gasteiger partial charge is 0.305 e. The van der Waals surface area contributed by atoms with E-state index in [0.717, 1.165) is 38.5 Å². The van der Waals surface area contributed by atoms with Crippen LogP contribution in [0.25, 0.3) is 0 Å². The van der Waals surface area contributed by atoms with Gasteiger partial charge in [-0.25, -0.2) is 0 Å². The first-order chi connectivity index (χ1) is 46.5. The van der Waals surface area contributed by atoms with Gasteiger partial charge in [-0.1, -0.05) is 429 Å². The number of allylic oxidation sites excluding steroid dienone is 5. The maximum absolute atomic E-state index is 12.5. The summed E-state index contributed by atoms with van der Waals surface area (Å²) in [5, 5.41) is 23.3. The Morgan fingerprint density at radius 2 is 0.500 bits per heavy atom. The van der Waals surface area contributed by atoms with Crippen LogP contribution in [0.5, 0.6) is 0 Å². The average molecular weight is 1320 g/mol. The molecular formula is C88H169NO5. The minimum atomic E-state index is -0.842. The van der Waals surface area contributed by atoms with Crippen molar-refractivity contribution in [2.45, 2.75) is 501 Å². The molecule has 0 aliphatic carbocycles. The fraction of sp³-hybridized carbons (Fsp3) is 0.909. The van der Waals surface area contributed by atoms with Gasteiger partial charge in [-0.15, -0.1) is 0 Å². The Morgan fingerprint density at radius 1 is 0.287 bits per heavy atom. The zero-order valence-corrected chi connectivity index (χ0v) is 64.0. The molecule has 6 nitrogen and oxygen atoms in total. The minimum Gasteiger partial charge on any atom is -0.466 e. The molecule has 1 amide bonds. The van der Waals surface area contributed by atoms with E-state index in [0.29, 0.717) is 19.4 Å². The fourth-order valence-corrected chi connectivity index (χ4v) is 13.8. The summed E-state index contributed by atoms with van der Waals surface area (Å²) >= 11 is 0. The van der Waals surface area contributed by atoms with Crippen LogP contribution >= 0.6 is 0 Å². The number of ether oxygens (including phenoxy) is 1. The third-order valence-corrected chi connectivity index (χ3v) is 20.4. The first kappa shape index (κ1) is 92.1. The molecule has 0 rings (SSSR count). The largest absolute Gasteiger partial charge is 0.466 e. The Labute approximate surface area is 589 Å². The second-order valence-corrected chi connectivity index (χ2v) is 29.9. The molecule has 0 aromatic carbocycles. The van der Waals surface area contributed by atoms with E-state index < -0.39 is 12.1 Å². The molecule has 0 aromatic rings. The molecular weight excluding hydrogens is 1150 g/mol. The lowest BCUT2D eigenvalue weighted by Gasteiger charge is -2.20. The van der Waals surface area contributed by atoms with Gasteiger partial charge in [0.15, 0.2) is 0 Å². The van der Waals surface area contributed by atoms with Crippen LogP contribution in [0.1, 0.15) is 489 Å². The third-order valence-electron chi connectivity index (χ3n) is 20.4. The summed E-state index contributed by atoms with van der Waals surface area (Å²) in [6, 6.07) is -0.625.